The molecule has 2 unspecified atom stereocenters. The molecule has 32 heavy (non-hydrogen) atoms. The van der Waals surface area contributed by atoms with E-state index in [1.54, 1.807) is 0 Å². The summed E-state index contributed by atoms with van der Waals surface area (Å²) in [5.41, 5.74) is 1.93. The number of hydrogen-bond donors (Lipinski definition) is 1. The molecule has 1 aromatic heterocycles. The molecule has 1 amide bonds. The molecule has 3 aromatic rings. The summed E-state index contributed by atoms with van der Waals surface area (Å²) in [6, 6.07) is 9.27. The first kappa shape index (κ1) is 21.0. The third-order valence-corrected chi connectivity index (χ3v) is 7.05. The summed E-state index contributed by atoms with van der Waals surface area (Å²) >= 11 is 11.9. The fourth-order valence-corrected chi connectivity index (χ4v) is 4.97. The lowest BCUT2D eigenvalue weighted by atomic mass is 10.0. The molecule has 2 aromatic carbocycles. The number of amides is 1. The first-order chi connectivity index (χ1) is 15.5. The normalized spacial score (nSPS) is 20.0. The Morgan fingerprint density at radius 1 is 1.22 bits per heavy atom. The standard InChI is InChI=1S/C23H20Cl2FN5O/c1-2-20(32)30-10-13-7-8-31(19(13)11-30)14-3-5-17-15(9-14)23(28-12-27-17)29-18-6-4-16(24)21(25)22(18)26/h2-6,9,12-13,19H,1,7-8,10-11H2,(H,27,28,29). The monoisotopic (exact) mass is 471 g/mol. The lowest BCUT2D eigenvalue weighted by Gasteiger charge is -2.27. The summed E-state index contributed by atoms with van der Waals surface area (Å²) < 4.78 is 14.6. The number of rotatable bonds is 4. The highest BCUT2D eigenvalue weighted by Crippen LogP contribution is 2.38. The predicted octanol–water partition coefficient (Wildman–Crippen LogP) is 5.04. The van der Waals surface area contributed by atoms with E-state index in [-0.39, 0.29) is 27.7 Å². The van der Waals surface area contributed by atoms with E-state index in [0.717, 1.165) is 36.1 Å². The van der Waals surface area contributed by atoms with Crippen molar-refractivity contribution >= 4 is 57.2 Å². The van der Waals surface area contributed by atoms with Gasteiger partial charge in [0.05, 0.1) is 27.3 Å². The highest BCUT2D eigenvalue weighted by atomic mass is 35.5. The van der Waals surface area contributed by atoms with Crippen LogP contribution in [0.4, 0.5) is 21.6 Å². The van der Waals surface area contributed by atoms with E-state index in [4.69, 9.17) is 23.2 Å². The first-order valence-corrected chi connectivity index (χ1v) is 11.0. The van der Waals surface area contributed by atoms with Crippen molar-refractivity contribution in [1.29, 1.82) is 0 Å². The van der Waals surface area contributed by atoms with E-state index in [0.29, 0.717) is 18.3 Å². The largest absolute Gasteiger partial charge is 0.366 e. The number of likely N-dealkylation sites (tertiary alicyclic amines) is 1. The van der Waals surface area contributed by atoms with E-state index in [2.05, 4.69) is 26.8 Å². The van der Waals surface area contributed by atoms with Crippen LogP contribution in [-0.4, -0.2) is 46.5 Å². The van der Waals surface area contributed by atoms with Crippen LogP contribution >= 0.6 is 23.2 Å². The van der Waals surface area contributed by atoms with Gasteiger partial charge in [0.1, 0.15) is 12.1 Å². The Labute approximate surface area is 194 Å². The van der Waals surface area contributed by atoms with Gasteiger partial charge in [-0.3, -0.25) is 4.79 Å². The minimum absolute atomic E-state index is 0.0265. The van der Waals surface area contributed by atoms with Crippen molar-refractivity contribution in [3.8, 4) is 0 Å². The van der Waals surface area contributed by atoms with Gasteiger partial charge in [-0.05, 0) is 42.8 Å². The Balaban J connectivity index is 1.48. The number of carbonyl (C=O) groups excluding carboxylic acids is 1. The smallest absolute Gasteiger partial charge is 0.246 e. The molecule has 3 heterocycles. The Kier molecular flexibility index (Phi) is 5.39. The fraction of sp³-hybridized carbons (Fsp3) is 0.261. The van der Waals surface area contributed by atoms with Gasteiger partial charge in [-0.1, -0.05) is 29.8 Å². The number of fused-ring (bicyclic) bond motifs is 2. The van der Waals surface area contributed by atoms with Crippen molar-refractivity contribution in [2.75, 3.05) is 29.9 Å². The molecule has 164 valence electrons. The second kappa shape index (κ2) is 8.22. The van der Waals surface area contributed by atoms with Crippen LogP contribution < -0.4 is 10.2 Å². The molecule has 0 aliphatic carbocycles. The zero-order valence-corrected chi connectivity index (χ0v) is 18.6. The zero-order valence-electron chi connectivity index (χ0n) is 17.1. The molecule has 2 fully saturated rings. The quantitative estimate of drug-likeness (QED) is 0.426. The fourth-order valence-electron chi connectivity index (χ4n) is 4.66. The molecule has 6 nitrogen and oxygen atoms in total. The Hall–Kier alpha value is -2.90. The Morgan fingerprint density at radius 3 is 2.88 bits per heavy atom. The molecular weight excluding hydrogens is 452 g/mol. The second-order valence-corrected chi connectivity index (χ2v) is 8.81. The van der Waals surface area contributed by atoms with Gasteiger partial charge in [0.2, 0.25) is 5.91 Å². The average Bonchev–Trinajstić information content (AvgIpc) is 3.40. The number of benzene rings is 2. The van der Waals surface area contributed by atoms with Crippen LogP contribution in [0.5, 0.6) is 0 Å². The van der Waals surface area contributed by atoms with E-state index in [1.807, 2.05) is 23.1 Å². The zero-order chi connectivity index (χ0) is 22.4. The number of anilines is 3. The van der Waals surface area contributed by atoms with Gasteiger partial charge < -0.3 is 15.1 Å². The molecular formula is C23H20Cl2FN5O. The van der Waals surface area contributed by atoms with Crippen LogP contribution in [0.1, 0.15) is 6.42 Å². The molecule has 1 N–H and O–H groups in total. The summed E-state index contributed by atoms with van der Waals surface area (Å²) in [6.07, 6.45) is 3.83. The molecule has 5 rings (SSSR count). The Morgan fingerprint density at radius 2 is 2.06 bits per heavy atom. The van der Waals surface area contributed by atoms with Crippen LogP contribution in [0.15, 0.2) is 49.3 Å². The summed E-state index contributed by atoms with van der Waals surface area (Å²) in [5, 5.41) is 3.79. The van der Waals surface area contributed by atoms with Crippen LogP contribution in [-0.2, 0) is 4.79 Å². The van der Waals surface area contributed by atoms with Crippen molar-refractivity contribution in [2.24, 2.45) is 5.92 Å². The highest BCUT2D eigenvalue weighted by Gasteiger charge is 2.42. The molecule has 2 aliphatic heterocycles. The SMILES string of the molecule is C=CC(=O)N1CC2CCN(c3ccc4ncnc(Nc5ccc(Cl)c(Cl)c5F)c4c3)C2C1. The number of halogens is 3. The van der Waals surface area contributed by atoms with Crippen LogP contribution in [0, 0.1) is 11.7 Å². The minimum Gasteiger partial charge on any atom is -0.366 e. The molecule has 0 saturated carbocycles. The first-order valence-electron chi connectivity index (χ1n) is 10.3. The summed E-state index contributed by atoms with van der Waals surface area (Å²) in [5.74, 6) is 0.244. The lowest BCUT2D eigenvalue weighted by Crippen LogP contribution is -2.36. The highest BCUT2D eigenvalue weighted by molar-refractivity contribution is 6.42. The van der Waals surface area contributed by atoms with Crippen molar-refractivity contribution in [3.63, 3.8) is 0 Å². The summed E-state index contributed by atoms with van der Waals surface area (Å²) in [4.78, 5) is 24.9. The van der Waals surface area contributed by atoms with Crippen molar-refractivity contribution in [3.05, 3.63) is 65.2 Å². The summed E-state index contributed by atoms with van der Waals surface area (Å²) in [6.45, 7) is 5.95. The van der Waals surface area contributed by atoms with E-state index in [1.165, 1.54) is 24.5 Å². The van der Waals surface area contributed by atoms with E-state index in [9.17, 15) is 9.18 Å². The van der Waals surface area contributed by atoms with Gasteiger partial charge in [0.15, 0.2) is 5.82 Å². The van der Waals surface area contributed by atoms with E-state index >= 15 is 0 Å². The molecule has 2 saturated heterocycles. The molecule has 0 spiro atoms. The molecule has 9 heteroatoms. The van der Waals surface area contributed by atoms with Gasteiger partial charge in [-0.25, -0.2) is 14.4 Å². The third kappa shape index (κ3) is 3.55. The summed E-state index contributed by atoms with van der Waals surface area (Å²) in [7, 11) is 0. The van der Waals surface area contributed by atoms with Crippen LogP contribution in [0.3, 0.4) is 0 Å². The predicted molar refractivity (Wildman–Crippen MR) is 125 cm³/mol. The minimum atomic E-state index is -0.637. The topological polar surface area (TPSA) is 61.4 Å². The van der Waals surface area contributed by atoms with Crippen LogP contribution in [0.25, 0.3) is 10.9 Å². The maximum Gasteiger partial charge on any atom is 0.246 e. The van der Waals surface area contributed by atoms with E-state index < -0.39 is 5.82 Å². The number of carbonyl (C=O) groups is 1. The lowest BCUT2D eigenvalue weighted by molar-refractivity contribution is -0.125. The average molecular weight is 472 g/mol. The van der Waals surface area contributed by atoms with Gasteiger partial charge in [0, 0.05) is 36.6 Å². The molecule has 0 radical (unpaired) electrons. The second-order valence-electron chi connectivity index (χ2n) is 8.03. The van der Waals surface area contributed by atoms with Crippen LogP contribution in [0.2, 0.25) is 10.0 Å². The molecule has 2 aliphatic rings. The van der Waals surface area contributed by atoms with Crippen molar-refractivity contribution < 1.29 is 9.18 Å². The molecule has 0 bridgehead atoms. The van der Waals surface area contributed by atoms with Gasteiger partial charge in [-0.15, -0.1) is 0 Å². The molecule has 2 atom stereocenters. The van der Waals surface area contributed by atoms with Gasteiger partial charge >= 0.3 is 0 Å². The van der Waals surface area contributed by atoms with Crippen molar-refractivity contribution in [2.45, 2.75) is 12.5 Å². The van der Waals surface area contributed by atoms with Gasteiger partial charge in [0.25, 0.3) is 0 Å². The number of hydrogen-bond acceptors (Lipinski definition) is 5. The Bertz CT molecular complexity index is 1240. The third-order valence-electron chi connectivity index (χ3n) is 6.27. The van der Waals surface area contributed by atoms with Crippen molar-refractivity contribution in [1.82, 2.24) is 14.9 Å². The number of aromatic nitrogens is 2. The van der Waals surface area contributed by atoms with Gasteiger partial charge in [-0.2, -0.15) is 0 Å². The maximum absolute atomic E-state index is 14.6. The number of nitrogens with zero attached hydrogens (tertiary/aromatic N) is 4. The number of nitrogens with one attached hydrogen (secondary N) is 1. The maximum atomic E-state index is 14.6.